The van der Waals surface area contributed by atoms with Gasteiger partial charge in [-0.25, -0.2) is 13.2 Å². The summed E-state index contributed by atoms with van der Waals surface area (Å²) >= 11 is 4.35. The highest BCUT2D eigenvalue weighted by Crippen LogP contribution is 2.24. The third-order valence-electron chi connectivity index (χ3n) is 6.60. The van der Waals surface area contributed by atoms with Crippen molar-refractivity contribution < 1.29 is 22.7 Å². The van der Waals surface area contributed by atoms with Crippen LogP contribution in [0, 0.1) is 0 Å². The van der Waals surface area contributed by atoms with Crippen LogP contribution in [0.4, 0.5) is 4.79 Å². The van der Waals surface area contributed by atoms with Crippen LogP contribution in [-0.2, 0) is 39.2 Å². The second-order valence-electron chi connectivity index (χ2n) is 11.3. The van der Waals surface area contributed by atoms with Crippen LogP contribution in [0.1, 0.15) is 55.4 Å². The van der Waals surface area contributed by atoms with E-state index in [2.05, 4.69) is 5.32 Å². The minimum absolute atomic E-state index is 0.204. The summed E-state index contributed by atoms with van der Waals surface area (Å²) in [5.74, 6) is -0.204. The summed E-state index contributed by atoms with van der Waals surface area (Å²) in [7, 11) is -3.69. The molecule has 0 aliphatic heterocycles. The summed E-state index contributed by atoms with van der Waals surface area (Å²) in [4.78, 5) is 30.7. The number of hydrogen-bond donors (Lipinski definition) is 1. The van der Waals surface area contributed by atoms with E-state index in [1.807, 2.05) is 65.4 Å². The van der Waals surface area contributed by atoms with Crippen molar-refractivity contribution in [2.24, 2.45) is 0 Å². The van der Waals surface area contributed by atoms with Crippen LogP contribution in [0.2, 0.25) is 0 Å². The number of thiophene rings is 3. The molecule has 3 aromatic heterocycles. The van der Waals surface area contributed by atoms with Gasteiger partial charge in [0.15, 0.2) is 0 Å². The number of benzene rings is 1. The molecule has 0 bridgehead atoms. The van der Waals surface area contributed by atoms with Gasteiger partial charge in [-0.05, 0) is 79.9 Å². The number of ether oxygens (including phenoxy) is 1. The highest BCUT2D eigenvalue weighted by atomic mass is 32.2. The van der Waals surface area contributed by atoms with Crippen molar-refractivity contribution in [2.75, 3.05) is 6.54 Å². The van der Waals surface area contributed by atoms with Gasteiger partial charge in [0.25, 0.3) is 10.0 Å². The van der Waals surface area contributed by atoms with Crippen LogP contribution in [0.15, 0.2) is 87.1 Å². The average molecular weight is 674 g/mol. The molecule has 0 saturated carbocycles. The number of unbranched alkanes of at least 4 members (excludes halogenated alkanes) is 1. The predicted molar refractivity (Wildman–Crippen MR) is 178 cm³/mol. The van der Waals surface area contributed by atoms with Gasteiger partial charge in [-0.3, -0.25) is 4.79 Å². The Bertz CT molecular complexity index is 1500. The Hall–Kier alpha value is -3.03. The molecule has 0 radical (unpaired) electrons. The van der Waals surface area contributed by atoms with Gasteiger partial charge in [0.05, 0.1) is 13.1 Å². The molecule has 4 rings (SSSR count). The van der Waals surface area contributed by atoms with E-state index in [1.165, 1.54) is 15.6 Å². The van der Waals surface area contributed by atoms with E-state index in [0.717, 1.165) is 15.3 Å². The molecule has 1 N–H and O–H groups in total. The first-order chi connectivity index (χ1) is 21.0. The minimum atomic E-state index is -3.69. The van der Waals surface area contributed by atoms with E-state index in [9.17, 15) is 18.0 Å². The van der Waals surface area contributed by atoms with Crippen molar-refractivity contribution in [2.45, 2.75) is 75.5 Å². The van der Waals surface area contributed by atoms with Crippen LogP contribution in [-0.4, -0.2) is 47.8 Å². The van der Waals surface area contributed by atoms with Crippen LogP contribution in [0.3, 0.4) is 0 Å². The molecule has 0 fully saturated rings. The zero-order valence-electron chi connectivity index (χ0n) is 25.2. The van der Waals surface area contributed by atoms with Gasteiger partial charge in [0, 0.05) is 22.8 Å². The lowest BCUT2D eigenvalue weighted by atomic mass is 10.1. The normalized spacial score (nSPS) is 12.6. The monoisotopic (exact) mass is 673 g/mol. The molecule has 0 aliphatic rings. The maximum Gasteiger partial charge on any atom is 0.408 e. The molecule has 1 aromatic carbocycles. The lowest BCUT2D eigenvalue weighted by molar-refractivity contribution is -0.134. The Morgan fingerprint density at radius 3 is 1.98 bits per heavy atom. The Morgan fingerprint density at radius 2 is 1.43 bits per heavy atom. The van der Waals surface area contributed by atoms with Crippen LogP contribution in [0.25, 0.3) is 0 Å². The van der Waals surface area contributed by atoms with E-state index in [1.54, 1.807) is 65.9 Å². The number of hydrogen-bond acceptors (Lipinski definition) is 8. The number of alkyl carbamates (subject to hydrolysis) is 1. The second-order valence-corrected chi connectivity index (χ2v) is 16.5. The molecular formula is C32H39N3O5S4. The number of rotatable bonds is 15. The zero-order valence-corrected chi connectivity index (χ0v) is 28.4. The number of nitrogens with one attached hydrogen (secondary N) is 1. The maximum absolute atomic E-state index is 14.0. The summed E-state index contributed by atoms with van der Waals surface area (Å²) in [5.41, 5.74) is 0.171. The molecule has 0 unspecified atom stereocenters. The molecule has 8 nitrogen and oxygen atoms in total. The molecule has 0 spiro atoms. The number of amides is 2. The first-order valence-corrected chi connectivity index (χ1v) is 18.5. The molecule has 0 aliphatic carbocycles. The molecule has 1 atom stereocenters. The first-order valence-electron chi connectivity index (χ1n) is 14.4. The topological polar surface area (TPSA) is 96.0 Å². The SMILES string of the molecule is CC(C)(C)OC(=O)N[C@@H](CCCCN(Cc1ccccc1)S(=O)(=O)c1cccs1)C(=O)N(Cc1cccs1)Cc1cccs1. The average Bonchev–Trinajstić information content (AvgIpc) is 3.77. The fraction of sp³-hybridized carbons (Fsp3) is 0.375. The van der Waals surface area contributed by atoms with Gasteiger partial charge in [0.1, 0.15) is 15.9 Å². The number of sulfonamides is 1. The molecule has 2 amide bonds. The Morgan fingerprint density at radius 1 is 0.818 bits per heavy atom. The lowest BCUT2D eigenvalue weighted by Crippen LogP contribution is -2.49. The first kappa shape index (κ1) is 33.9. The standard InChI is InChI=1S/C32H39N3O5S4/c1-32(2,3)40-31(37)33-28(30(36)34(23-26-14-9-19-41-26)24-27-15-10-20-42-27)16-7-8-18-35(22-25-12-5-4-6-13-25)44(38,39)29-17-11-21-43-29/h4-6,9-15,17,19-21,28H,7-8,16,18,22-24H2,1-3H3,(H,33,37)/t28-/m0/s1. The van der Waals surface area contributed by atoms with Gasteiger partial charge in [-0.2, -0.15) is 4.31 Å². The molecule has 4 aromatic rings. The van der Waals surface area contributed by atoms with Crippen molar-refractivity contribution in [1.82, 2.24) is 14.5 Å². The quantitative estimate of drug-likeness (QED) is 0.133. The molecule has 236 valence electrons. The Kier molecular flexibility index (Phi) is 12.2. The summed E-state index contributed by atoms with van der Waals surface area (Å²) in [6.45, 7) is 6.69. The molecular weight excluding hydrogens is 635 g/mol. The Balaban J connectivity index is 1.49. The minimum Gasteiger partial charge on any atom is -0.444 e. The number of carbonyl (C=O) groups excluding carboxylic acids is 2. The van der Waals surface area contributed by atoms with Crippen molar-refractivity contribution in [3.05, 3.63) is 98.2 Å². The van der Waals surface area contributed by atoms with E-state index in [-0.39, 0.29) is 19.0 Å². The highest BCUT2D eigenvalue weighted by Gasteiger charge is 2.30. The van der Waals surface area contributed by atoms with Crippen molar-refractivity contribution in [1.29, 1.82) is 0 Å². The molecule has 44 heavy (non-hydrogen) atoms. The number of carbonyl (C=O) groups is 2. The van der Waals surface area contributed by atoms with Crippen LogP contribution < -0.4 is 5.32 Å². The summed E-state index contributed by atoms with van der Waals surface area (Å²) in [6.07, 6.45) is 0.701. The predicted octanol–water partition coefficient (Wildman–Crippen LogP) is 7.35. The summed E-state index contributed by atoms with van der Waals surface area (Å²) in [5, 5.41) is 8.53. The third-order valence-corrected chi connectivity index (χ3v) is 11.5. The highest BCUT2D eigenvalue weighted by molar-refractivity contribution is 7.91. The van der Waals surface area contributed by atoms with E-state index in [4.69, 9.17) is 4.74 Å². The fourth-order valence-corrected chi connectivity index (χ4v) is 8.62. The third kappa shape index (κ3) is 10.3. The summed E-state index contributed by atoms with van der Waals surface area (Å²) in [6, 6.07) is 19.9. The second kappa shape index (κ2) is 15.8. The molecule has 3 heterocycles. The number of nitrogens with zero attached hydrogens (tertiary/aromatic N) is 2. The van der Waals surface area contributed by atoms with Crippen molar-refractivity contribution in [3.8, 4) is 0 Å². The smallest absolute Gasteiger partial charge is 0.408 e. The van der Waals surface area contributed by atoms with Crippen molar-refractivity contribution >= 4 is 56.0 Å². The fourth-order valence-electron chi connectivity index (χ4n) is 4.57. The van der Waals surface area contributed by atoms with Gasteiger partial charge in [-0.15, -0.1) is 34.0 Å². The maximum atomic E-state index is 14.0. The van der Waals surface area contributed by atoms with E-state index >= 15 is 0 Å². The van der Waals surface area contributed by atoms with E-state index < -0.39 is 27.8 Å². The molecule has 12 heteroatoms. The van der Waals surface area contributed by atoms with Crippen LogP contribution >= 0.6 is 34.0 Å². The van der Waals surface area contributed by atoms with Crippen molar-refractivity contribution in [3.63, 3.8) is 0 Å². The Labute approximate surface area is 272 Å². The van der Waals surface area contributed by atoms with Crippen LogP contribution in [0.5, 0.6) is 0 Å². The summed E-state index contributed by atoms with van der Waals surface area (Å²) < 4.78 is 34.3. The van der Waals surface area contributed by atoms with Gasteiger partial charge in [0.2, 0.25) is 5.91 Å². The lowest BCUT2D eigenvalue weighted by Gasteiger charge is -2.29. The zero-order chi connectivity index (χ0) is 31.6. The molecule has 0 saturated heterocycles. The largest absolute Gasteiger partial charge is 0.444 e. The van der Waals surface area contributed by atoms with Gasteiger partial charge >= 0.3 is 6.09 Å². The van der Waals surface area contributed by atoms with E-state index in [0.29, 0.717) is 36.6 Å². The van der Waals surface area contributed by atoms with Gasteiger partial charge < -0.3 is 15.0 Å². The van der Waals surface area contributed by atoms with Gasteiger partial charge in [-0.1, -0.05) is 48.5 Å².